The molecule has 4 aromatic rings. The first-order valence-electron chi connectivity index (χ1n) is 11.6. The van der Waals surface area contributed by atoms with E-state index in [4.69, 9.17) is 14.7 Å². The summed E-state index contributed by atoms with van der Waals surface area (Å²) in [5.74, 6) is 0.140. The highest BCUT2D eigenvalue weighted by Crippen LogP contribution is 2.35. The molecule has 1 fully saturated rings. The fourth-order valence-electron chi connectivity index (χ4n) is 4.31. The Balaban J connectivity index is 1.56. The third-order valence-electron chi connectivity index (χ3n) is 6.31. The van der Waals surface area contributed by atoms with Gasteiger partial charge in [-0.3, -0.25) is 4.98 Å². The number of fused-ring (bicyclic) bond motifs is 1. The van der Waals surface area contributed by atoms with Crippen LogP contribution in [0, 0.1) is 17.2 Å². The number of hydrogen-bond acceptors (Lipinski definition) is 9. The van der Waals surface area contributed by atoms with Crippen molar-refractivity contribution in [3.8, 4) is 17.1 Å². The SMILES string of the molecule is COc1cncc2nc(-c3ccnc(Nc4nc(F)ccc4F)c3)nc(NC3CCNCC3(C)C)c12. The van der Waals surface area contributed by atoms with E-state index in [9.17, 15) is 8.78 Å². The lowest BCUT2D eigenvalue weighted by Crippen LogP contribution is -2.49. The molecule has 3 N–H and O–H groups in total. The molecule has 5 rings (SSSR count). The van der Waals surface area contributed by atoms with Crippen LogP contribution in [0.25, 0.3) is 22.3 Å². The summed E-state index contributed by atoms with van der Waals surface area (Å²) in [6.07, 6.45) is 5.76. The van der Waals surface area contributed by atoms with Crippen molar-refractivity contribution >= 4 is 28.4 Å². The summed E-state index contributed by atoms with van der Waals surface area (Å²) in [4.78, 5) is 21.6. The third kappa shape index (κ3) is 4.74. The van der Waals surface area contributed by atoms with Gasteiger partial charge in [0.25, 0.3) is 0 Å². The van der Waals surface area contributed by atoms with Gasteiger partial charge in [0.15, 0.2) is 17.5 Å². The van der Waals surface area contributed by atoms with Crippen molar-refractivity contribution in [3.63, 3.8) is 0 Å². The van der Waals surface area contributed by atoms with Crippen molar-refractivity contribution < 1.29 is 13.5 Å². The molecule has 186 valence electrons. The van der Waals surface area contributed by atoms with E-state index < -0.39 is 11.8 Å². The topological polar surface area (TPSA) is 110 Å². The maximum atomic E-state index is 14.1. The lowest BCUT2D eigenvalue weighted by Gasteiger charge is -2.40. The van der Waals surface area contributed by atoms with Crippen molar-refractivity contribution in [2.24, 2.45) is 5.41 Å². The Kier molecular flexibility index (Phi) is 6.31. The smallest absolute Gasteiger partial charge is 0.214 e. The van der Waals surface area contributed by atoms with Crippen LogP contribution >= 0.6 is 0 Å². The fraction of sp³-hybridized carbons (Fsp3) is 0.320. The lowest BCUT2D eigenvalue weighted by atomic mass is 9.80. The Bertz CT molecular complexity index is 1410. The average Bonchev–Trinajstić information content (AvgIpc) is 2.87. The van der Waals surface area contributed by atoms with E-state index in [1.165, 1.54) is 6.20 Å². The monoisotopic (exact) mass is 492 g/mol. The Labute approximate surface area is 206 Å². The first kappa shape index (κ1) is 23.7. The highest BCUT2D eigenvalue weighted by atomic mass is 19.1. The molecule has 1 saturated heterocycles. The highest BCUT2D eigenvalue weighted by Gasteiger charge is 2.33. The molecule has 0 radical (unpaired) electrons. The number of halogens is 2. The van der Waals surface area contributed by atoms with Crippen molar-refractivity contribution in [1.82, 2.24) is 30.2 Å². The van der Waals surface area contributed by atoms with Gasteiger partial charge in [0.2, 0.25) is 5.95 Å². The molecule has 1 unspecified atom stereocenters. The van der Waals surface area contributed by atoms with Crippen LogP contribution in [0.4, 0.5) is 26.2 Å². The number of pyridine rings is 3. The lowest BCUT2D eigenvalue weighted by molar-refractivity contribution is 0.236. The normalized spacial score (nSPS) is 17.1. The van der Waals surface area contributed by atoms with Gasteiger partial charge in [-0.15, -0.1) is 0 Å². The molecule has 1 aliphatic heterocycles. The van der Waals surface area contributed by atoms with E-state index >= 15 is 0 Å². The number of nitrogens with one attached hydrogen (secondary N) is 3. The largest absolute Gasteiger partial charge is 0.494 e. The van der Waals surface area contributed by atoms with Gasteiger partial charge in [0.05, 0.1) is 30.4 Å². The van der Waals surface area contributed by atoms with E-state index in [-0.39, 0.29) is 23.1 Å². The molecule has 4 aromatic heterocycles. The van der Waals surface area contributed by atoms with Crippen LogP contribution in [-0.2, 0) is 0 Å². The van der Waals surface area contributed by atoms with E-state index in [0.29, 0.717) is 28.5 Å². The number of ether oxygens (including phenoxy) is 1. The molecule has 1 aliphatic rings. The average molecular weight is 493 g/mol. The fourth-order valence-corrected chi connectivity index (χ4v) is 4.31. The van der Waals surface area contributed by atoms with E-state index in [2.05, 4.69) is 44.7 Å². The summed E-state index contributed by atoms with van der Waals surface area (Å²) in [7, 11) is 1.59. The van der Waals surface area contributed by atoms with Crippen LogP contribution in [0.3, 0.4) is 0 Å². The molecule has 36 heavy (non-hydrogen) atoms. The Morgan fingerprint density at radius 1 is 1.08 bits per heavy atom. The maximum absolute atomic E-state index is 14.1. The third-order valence-corrected chi connectivity index (χ3v) is 6.31. The van der Waals surface area contributed by atoms with Crippen LogP contribution < -0.4 is 20.7 Å². The first-order valence-corrected chi connectivity index (χ1v) is 11.6. The second-order valence-corrected chi connectivity index (χ2v) is 9.30. The van der Waals surface area contributed by atoms with Crippen LogP contribution in [0.1, 0.15) is 20.3 Å². The number of aromatic nitrogens is 5. The zero-order chi connectivity index (χ0) is 25.3. The Morgan fingerprint density at radius 3 is 2.75 bits per heavy atom. The molecule has 9 nitrogen and oxygen atoms in total. The molecule has 5 heterocycles. The zero-order valence-electron chi connectivity index (χ0n) is 20.1. The minimum absolute atomic E-state index is 0.00820. The number of anilines is 3. The van der Waals surface area contributed by atoms with E-state index in [1.54, 1.807) is 31.6 Å². The highest BCUT2D eigenvalue weighted by molar-refractivity contribution is 5.95. The summed E-state index contributed by atoms with van der Waals surface area (Å²) < 4.78 is 33.2. The van der Waals surface area contributed by atoms with Gasteiger partial charge in [-0.1, -0.05) is 13.8 Å². The molecule has 0 bridgehead atoms. The van der Waals surface area contributed by atoms with Crippen molar-refractivity contribution in [1.29, 1.82) is 0 Å². The predicted octanol–water partition coefficient (Wildman–Crippen LogP) is 4.31. The van der Waals surface area contributed by atoms with Gasteiger partial charge < -0.3 is 20.7 Å². The second-order valence-electron chi connectivity index (χ2n) is 9.30. The maximum Gasteiger partial charge on any atom is 0.214 e. The standard InChI is InChI=1S/C25H26F2N8O/c1-25(2)13-28-8-7-18(25)32-24-21-16(11-29-12-17(21)36-3)31-22(35-24)14-6-9-30-20(10-14)34-23-15(26)4-5-19(27)33-23/h4-6,9-12,18,28H,7-8,13H2,1-3H3,(H,30,33,34)(H,31,32,35). The molecule has 0 amide bonds. The van der Waals surface area contributed by atoms with E-state index in [0.717, 1.165) is 37.0 Å². The summed E-state index contributed by atoms with van der Waals surface area (Å²) in [6.45, 7) is 6.20. The van der Waals surface area contributed by atoms with Crippen LogP contribution in [-0.4, -0.2) is 51.2 Å². The predicted molar refractivity (Wildman–Crippen MR) is 133 cm³/mol. The minimum atomic E-state index is -0.800. The minimum Gasteiger partial charge on any atom is -0.494 e. The quantitative estimate of drug-likeness (QED) is 0.339. The molecular weight excluding hydrogens is 466 g/mol. The Hall–Kier alpha value is -3.99. The second kappa shape index (κ2) is 9.57. The Morgan fingerprint density at radius 2 is 1.94 bits per heavy atom. The molecule has 0 spiro atoms. The van der Waals surface area contributed by atoms with Crippen LogP contribution in [0.5, 0.6) is 5.75 Å². The first-order chi connectivity index (χ1) is 17.3. The van der Waals surface area contributed by atoms with Crippen LogP contribution in [0.15, 0.2) is 42.9 Å². The van der Waals surface area contributed by atoms with Crippen LogP contribution in [0.2, 0.25) is 0 Å². The molecule has 0 aromatic carbocycles. The molecule has 11 heteroatoms. The van der Waals surface area contributed by atoms with E-state index in [1.807, 2.05) is 0 Å². The summed E-state index contributed by atoms with van der Waals surface area (Å²) >= 11 is 0. The number of nitrogens with zero attached hydrogens (tertiary/aromatic N) is 5. The summed E-state index contributed by atoms with van der Waals surface area (Å²) in [5, 5.41) is 10.5. The number of piperidine rings is 1. The summed E-state index contributed by atoms with van der Waals surface area (Å²) in [6, 6.07) is 5.52. The molecule has 1 atom stereocenters. The summed E-state index contributed by atoms with van der Waals surface area (Å²) in [5.41, 5.74) is 1.23. The number of rotatable bonds is 6. The zero-order valence-corrected chi connectivity index (χ0v) is 20.1. The molecule has 0 aliphatic carbocycles. The van der Waals surface area contributed by atoms with Gasteiger partial charge in [0.1, 0.15) is 17.4 Å². The van der Waals surface area contributed by atoms with Gasteiger partial charge in [-0.2, -0.15) is 9.37 Å². The van der Waals surface area contributed by atoms with Crippen molar-refractivity contribution in [3.05, 3.63) is 54.6 Å². The van der Waals surface area contributed by atoms with Gasteiger partial charge in [0, 0.05) is 24.3 Å². The number of hydrogen-bond donors (Lipinski definition) is 3. The van der Waals surface area contributed by atoms with Gasteiger partial charge >= 0.3 is 0 Å². The van der Waals surface area contributed by atoms with Crippen molar-refractivity contribution in [2.75, 3.05) is 30.8 Å². The van der Waals surface area contributed by atoms with Crippen molar-refractivity contribution in [2.45, 2.75) is 26.3 Å². The van der Waals surface area contributed by atoms with Gasteiger partial charge in [-0.25, -0.2) is 19.3 Å². The number of methoxy groups -OCH3 is 1. The molecule has 0 saturated carbocycles. The van der Waals surface area contributed by atoms with Gasteiger partial charge in [-0.05, 0) is 42.6 Å². The molecular formula is C25H26F2N8O.